The molecule has 1 unspecified atom stereocenters. The topological polar surface area (TPSA) is 81.9 Å². The van der Waals surface area contributed by atoms with Gasteiger partial charge in [-0.15, -0.1) is 11.6 Å². The molecule has 114 valence electrons. The molecule has 1 aliphatic rings. The van der Waals surface area contributed by atoms with Crippen LogP contribution in [-0.4, -0.2) is 54.5 Å². The molecule has 1 aromatic rings. The fraction of sp³-hybridized carbons (Fsp3) is 0.462. The SMILES string of the molecule is COc1cc([N+](=O)[O-])ccc1C(=O)N1CCOC(CCl)C1. The minimum Gasteiger partial charge on any atom is -0.496 e. The summed E-state index contributed by atoms with van der Waals surface area (Å²) in [6.45, 7) is 1.26. The van der Waals surface area contributed by atoms with Crippen LogP contribution in [0.3, 0.4) is 0 Å². The number of nitrogens with zero attached hydrogens (tertiary/aromatic N) is 2. The Morgan fingerprint density at radius 3 is 3.00 bits per heavy atom. The lowest BCUT2D eigenvalue weighted by Gasteiger charge is -2.32. The maximum atomic E-state index is 12.5. The van der Waals surface area contributed by atoms with E-state index in [9.17, 15) is 14.9 Å². The minimum atomic E-state index is -0.533. The van der Waals surface area contributed by atoms with Gasteiger partial charge in [-0.25, -0.2) is 0 Å². The van der Waals surface area contributed by atoms with Crippen LogP contribution in [0.2, 0.25) is 0 Å². The lowest BCUT2D eigenvalue weighted by atomic mass is 10.1. The van der Waals surface area contributed by atoms with Gasteiger partial charge in [-0.05, 0) is 6.07 Å². The molecule has 2 rings (SSSR count). The predicted octanol–water partition coefficient (Wildman–Crippen LogP) is 1.68. The molecule has 0 saturated carbocycles. The van der Waals surface area contributed by atoms with E-state index in [1.54, 1.807) is 4.90 Å². The highest BCUT2D eigenvalue weighted by atomic mass is 35.5. The van der Waals surface area contributed by atoms with Crippen LogP contribution in [0.15, 0.2) is 18.2 Å². The summed E-state index contributed by atoms with van der Waals surface area (Å²) in [6, 6.07) is 3.94. The number of carbonyl (C=O) groups is 1. The molecule has 1 saturated heterocycles. The molecule has 0 bridgehead atoms. The summed E-state index contributed by atoms with van der Waals surface area (Å²) >= 11 is 5.75. The van der Waals surface area contributed by atoms with Gasteiger partial charge in [0.05, 0.1) is 42.3 Å². The summed E-state index contributed by atoms with van der Waals surface area (Å²) in [5.74, 6) is 0.240. The van der Waals surface area contributed by atoms with Gasteiger partial charge in [-0.2, -0.15) is 0 Å². The van der Waals surface area contributed by atoms with E-state index in [1.165, 1.54) is 25.3 Å². The second-order valence-corrected chi connectivity index (χ2v) is 4.85. The number of non-ortho nitro benzene ring substituents is 1. The van der Waals surface area contributed by atoms with E-state index >= 15 is 0 Å². The lowest BCUT2D eigenvalue weighted by Crippen LogP contribution is -2.46. The van der Waals surface area contributed by atoms with Crippen molar-refractivity contribution in [3.8, 4) is 5.75 Å². The minimum absolute atomic E-state index is 0.121. The molecular weight excluding hydrogens is 300 g/mol. The van der Waals surface area contributed by atoms with E-state index in [1.807, 2.05) is 0 Å². The van der Waals surface area contributed by atoms with Crippen LogP contribution in [-0.2, 0) is 4.74 Å². The fourth-order valence-corrected chi connectivity index (χ4v) is 2.32. The molecule has 21 heavy (non-hydrogen) atoms. The fourth-order valence-electron chi connectivity index (χ4n) is 2.14. The van der Waals surface area contributed by atoms with Gasteiger partial charge in [0.2, 0.25) is 0 Å². The first kappa shape index (κ1) is 15.5. The van der Waals surface area contributed by atoms with Crippen molar-refractivity contribution in [1.29, 1.82) is 0 Å². The number of nitro benzene ring substituents is 1. The number of alkyl halides is 1. The zero-order valence-corrected chi connectivity index (χ0v) is 12.2. The molecule has 0 aromatic heterocycles. The zero-order chi connectivity index (χ0) is 15.4. The van der Waals surface area contributed by atoms with Gasteiger partial charge in [0, 0.05) is 19.2 Å². The number of halogens is 1. The second-order valence-electron chi connectivity index (χ2n) is 4.54. The molecule has 7 nitrogen and oxygen atoms in total. The highest BCUT2D eigenvalue weighted by Gasteiger charge is 2.27. The molecule has 1 aromatic carbocycles. The zero-order valence-electron chi connectivity index (χ0n) is 11.5. The molecule has 1 atom stereocenters. The predicted molar refractivity (Wildman–Crippen MR) is 76.0 cm³/mol. The van der Waals surface area contributed by atoms with Gasteiger partial charge in [-0.3, -0.25) is 14.9 Å². The summed E-state index contributed by atoms with van der Waals surface area (Å²) in [6.07, 6.45) is -0.201. The van der Waals surface area contributed by atoms with Crippen LogP contribution in [0.25, 0.3) is 0 Å². The largest absolute Gasteiger partial charge is 0.496 e. The van der Waals surface area contributed by atoms with Crippen molar-refractivity contribution in [3.63, 3.8) is 0 Å². The molecule has 0 spiro atoms. The first-order valence-corrected chi connectivity index (χ1v) is 6.89. The third kappa shape index (κ3) is 3.43. The van der Waals surface area contributed by atoms with Crippen molar-refractivity contribution in [1.82, 2.24) is 4.90 Å². The van der Waals surface area contributed by atoms with Gasteiger partial charge in [0.25, 0.3) is 11.6 Å². The molecule has 0 radical (unpaired) electrons. The Kier molecular flexibility index (Phi) is 4.98. The number of rotatable bonds is 4. The van der Waals surface area contributed by atoms with Crippen LogP contribution in [0.5, 0.6) is 5.75 Å². The average Bonchev–Trinajstić information content (AvgIpc) is 2.53. The van der Waals surface area contributed by atoms with Gasteiger partial charge < -0.3 is 14.4 Å². The molecule has 1 amide bonds. The Bertz CT molecular complexity index is 551. The lowest BCUT2D eigenvalue weighted by molar-refractivity contribution is -0.384. The molecule has 1 heterocycles. The van der Waals surface area contributed by atoms with Crippen LogP contribution in [0, 0.1) is 10.1 Å². The highest BCUT2D eigenvalue weighted by Crippen LogP contribution is 2.26. The average molecular weight is 315 g/mol. The quantitative estimate of drug-likeness (QED) is 0.480. The molecular formula is C13H15ClN2O5. The Morgan fingerprint density at radius 2 is 2.38 bits per heavy atom. The third-order valence-corrected chi connectivity index (χ3v) is 3.57. The van der Waals surface area contributed by atoms with Gasteiger partial charge in [0.1, 0.15) is 5.75 Å². The number of benzene rings is 1. The monoisotopic (exact) mass is 314 g/mol. The summed E-state index contributed by atoms with van der Waals surface area (Å²) in [5, 5.41) is 10.8. The molecule has 0 aliphatic carbocycles. The van der Waals surface area contributed by atoms with Crippen LogP contribution in [0.1, 0.15) is 10.4 Å². The van der Waals surface area contributed by atoms with Gasteiger partial charge in [-0.1, -0.05) is 0 Å². The Hall–Kier alpha value is -1.86. The molecule has 1 fully saturated rings. The van der Waals surface area contributed by atoms with E-state index in [-0.39, 0.29) is 23.4 Å². The van der Waals surface area contributed by atoms with Crippen LogP contribution in [0.4, 0.5) is 5.69 Å². The van der Waals surface area contributed by atoms with Gasteiger partial charge >= 0.3 is 0 Å². The number of amides is 1. The normalized spacial score (nSPS) is 18.4. The van der Waals surface area contributed by atoms with Crippen molar-refractivity contribution < 1.29 is 19.2 Å². The Morgan fingerprint density at radius 1 is 1.62 bits per heavy atom. The molecule has 1 aliphatic heterocycles. The van der Waals surface area contributed by atoms with Crippen molar-refractivity contribution >= 4 is 23.2 Å². The number of carbonyl (C=O) groups excluding carboxylic acids is 1. The van der Waals surface area contributed by atoms with Gasteiger partial charge in [0.15, 0.2) is 0 Å². The van der Waals surface area contributed by atoms with Crippen molar-refractivity contribution in [2.24, 2.45) is 0 Å². The van der Waals surface area contributed by atoms with E-state index < -0.39 is 4.92 Å². The summed E-state index contributed by atoms with van der Waals surface area (Å²) in [4.78, 5) is 24.3. The first-order chi connectivity index (χ1) is 10.1. The molecule has 8 heteroatoms. The maximum absolute atomic E-state index is 12.5. The van der Waals surface area contributed by atoms with E-state index in [0.717, 1.165) is 0 Å². The number of nitro groups is 1. The standard InChI is InChI=1S/C13H15ClN2O5/c1-20-12-6-9(16(18)19)2-3-11(12)13(17)15-4-5-21-10(7-14)8-15/h2-3,6,10H,4-5,7-8H2,1H3. The number of hydrogen-bond acceptors (Lipinski definition) is 5. The number of morpholine rings is 1. The van der Waals surface area contributed by atoms with E-state index in [0.29, 0.717) is 31.1 Å². The Labute approximate surface area is 126 Å². The molecule has 0 N–H and O–H groups in total. The van der Waals surface area contributed by atoms with Crippen molar-refractivity contribution in [2.45, 2.75) is 6.10 Å². The summed E-state index contributed by atoms with van der Waals surface area (Å²) in [7, 11) is 1.37. The van der Waals surface area contributed by atoms with Crippen molar-refractivity contribution in [3.05, 3.63) is 33.9 Å². The smallest absolute Gasteiger partial charge is 0.273 e. The van der Waals surface area contributed by atoms with Crippen molar-refractivity contribution in [2.75, 3.05) is 32.7 Å². The number of methoxy groups -OCH3 is 1. The highest BCUT2D eigenvalue weighted by molar-refractivity contribution is 6.18. The first-order valence-electron chi connectivity index (χ1n) is 6.36. The summed E-state index contributed by atoms with van der Waals surface area (Å²) in [5.41, 5.74) is 0.169. The van der Waals surface area contributed by atoms with Crippen LogP contribution >= 0.6 is 11.6 Å². The van der Waals surface area contributed by atoms with E-state index in [4.69, 9.17) is 21.1 Å². The number of ether oxygens (including phenoxy) is 2. The van der Waals surface area contributed by atoms with Crippen LogP contribution < -0.4 is 4.74 Å². The maximum Gasteiger partial charge on any atom is 0.273 e. The second kappa shape index (κ2) is 6.73. The summed E-state index contributed by atoms with van der Waals surface area (Å²) < 4.78 is 10.5. The third-order valence-electron chi connectivity index (χ3n) is 3.22. The van der Waals surface area contributed by atoms with E-state index in [2.05, 4.69) is 0 Å². The Balaban J connectivity index is 2.24. The number of hydrogen-bond donors (Lipinski definition) is 0.